The number of aromatic amines is 1. The highest BCUT2D eigenvalue weighted by Gasteiger charge is 2.32. The number of nitrogens with zero attached hydrogens (tertiary/aromatic N) is 2. The lowest BCUT2D eigenvalue weighted by molar-refractivity contribution is 0.410. The van der Waals surface area contributed by atoms with Gasteiger partial charge in [0.1, 0.15) is 28.9 Å². The van der Waals surface area contributed by atoms with Crippen molar-refractivity contribution in [2.45, 2.75) is 0 Å². The number of hydrogen-bond donors (Lipinski definition) is 4. The van der Waals surface area contributed by atoms with Crippen molar-refractivity contribution in [1.29, 1.82) is 5.41 Å². The zero-order chi connectivity index (χ0) is 18.4. The number of aromatic nitrogens is 2. The van der Waals surface area contributed by atoms with Gasteiger partial charge in [-0.25, -0.2) is 4.98 Å². The monoisotopic (exact) mass is 370 g/mol. The number of rotatable bonds is 3. The van der Waals surface area contributed by atoms with Gasteiger partial charge < -0.3 is 24.8 Å². The molecule has 0 bridgehead atoms. The van der Waals surface area contributed by atoms with E-state index in [0.29, 0.717) is 27.8 Å². The largest absolute Gasteiger partial charge is 0.509 e. The molecule has 0 saturated heterocycles. The summed E-state index contributed by atoms with van der Waals surface area (Å²) in [6, 6.07) is 9.93. The van der Waals surface area contributed by atoms with Gasteiger partial charge in [0.05, 0.1) is 35.9 Å². The summed E-state index contributed by atoms with van der Waals surface area (Å²) >= 11 is 6.00. The molecule has 2 heterocycles. The Kier molecular flexibility index (Phi) is 3.73. The van der Waals surface area contributed by atoms with Gasteiger partial charge in [0, 0.05) is 11.1 Å². The summed E-state index contributed by atoms with van der Waals surface area (Å²) in [4.78, 5) is 9.03. The number of nitrogens with one attached hydrogen (secondary N) is 2. The number of amidine groups is 1. The highest BCUT2D eigenvalue weighted by atomic mass is 35.5. The minimum absolute atomic E-state index is 0.0135. The number of aliphatic hydroxyl groups excluding tert-OH is 1. The first kappa shape index (κ1) is 16.3. The molecule has 3 aromatic rings. The van der Waals surface area contributed by atoms with E-state index in [4.69, 9.17) is 21.7 Å². The Hall–Kier alpha value is -3.19. The third-order valence-electron chi connectivity index (χ3n) is 4.26. The lowest BCUT2D eigenvalue weighted by atomic mass is 10.2. The smallest absolute Gasteiger partial charge is 0.145 e. The van der Waals surface area contributed by atoms with Crippen LogP contribution in [0.25, 0.3) is 16.6 Å². The summed E-state index contributed by atoms with van der Waals surface area (Å²) in [5, 5.41) is 29.4. The molecule has 0 amide bonds. The fraction of sp³-hybridized carbons (Fsp3) is 0.111. The minimum atomic E-state index is -0.0254. The van der Waals surface area contributed by atoms with Crippen LogP contribution in [0.15, 0.2) is 42.2 Å². The van der Waals surface area contributed by atoms with E-state index >= 15 is 0 Å². The van der Waals surface area contributed by atoms with Gasteiger partial charge in [-0.3, -0.25) is 5.41 Å². The predicted octanol–water partition coefficient (Wildman–Crippen LogP) is 3.70. The molecule has 4 N–H and O–H groups in total. The van der Waals surface area contributed by atoms with E-state index in [0.717, 1.165) is 5.52 Å². The van der Waals surface area contributed by atoms with Gasteiger partial charge in [-0.2, -0.15) is 0 Å². The highest BCUT2D eigenvalue weighted by Crippen LogP contribution is 2.36. The molecular weight excluding hydrogens is 356 g/mol. The van der Waals surface area contributed by atoms with Crippen LogP contribution < -0.4 is 9.64 Å². The van der Waals surface area contributed by atoms with Crippen molar-refractivity contribution < 1.29 is 14.9 Å². The van der Waals surface area contributed by atoms with E-state index in [2.05, 4.69) is 9.97 Å². The van der Waals surface area contributed by atoms with Crippen molar-refractivity contribution in [3.63, 3.8) is 0 Å². The maximum Gasteiger partial charge on any atom is 0.145 e. The number of benzene rings is 2. The Morgan fingerprint density at radius 1 is 1.23 bits per heavy atom. The van der Waals surface area contributed by atoms with E-state index in [-0.39, 0.29) is 29.5 Å². The number of imidazole rings is 1. The van der Waals surface area contributed by atoms with Crippen LogP contribution >= 0.6 is 11.6 Å². The van der Waals surface area contributed by atoms with Crippen molar-refractivity contribution in [2.75, 3.05) is 18.6 Å². The van der Waals surface area contributed by atoms with Gasteiger partial charge in [-0.1, -0.05) is 11.6 Å². The molecule has 0 fully saturated rings. The molecular formula is C18H15ClN4O3. The molecule has 1 aliphatic rings. The number of phenols is 1. The molecule has 1 aromatic heterocycles. The van der Waals surface area contributed by atoms with Crippen LogP contribution in [0.1, 0.15) is 5.82 Å². The van der Waals surface area contributed by atoms with Crippen LogP contribution in [-0.2, 0) is 0 Å². The van der Waals surface area contributed by atoms with Crippen molar-refractivity contribution >= 4 is 39.7 Å². The average Bonchev–Trinajstić information content (AvgIpc) is 3.16. The van der Waals surface area contributed by atoms with Crippen LogP contribution in [0.5, 0.6) is 11.5 Å². The molecule has 0 aliphatic carbocycles. The molecule has 0 radical (unpaired) electrons. The molecule has 0 spiro atoms. The second-order valence-electron chi connectivity index (χ2n) is 5.86. The zero-order valence-electron chi connectivity index (χ0n) is 13.7. The Balaban J connectivity index is 1.74. The van der Waals surface area contributed by atoms with Crippen LogP contribution in [0.2, 0.25) is 5.02 Å². The fourth-order valence-electron chi connectivity index (χ4n) is 2.98. The summed E-state index contributed by atoms with van der Waals surface area (Å²) in [5.74, 6) is 1.03. The van der Waals surface area contributed by atoms with Gasteiger partial charge in [0.25, 0.3) is 0 Å². The van der Waals surface area contributed by atoms with Gasteiger partial charge >= 0.3 is 0 Å². The van der Waals surface area contributed by atoms with Crippen LogP contribution in [0.3, 0.4) is 0 Å². The first-order chi connectivity index (χ1) is 12.5. The highest BCUT2D eigenvalue weighted by molar-refractivity contribution is 6.32. The number of halogens is 1. The standard InChI is InChI=1S/C18H15ClN4O3/c1-26-10-3-4-11-12(7-10)22-18(21-11)16-15(25)8-23(17(16)20)13-6-9(19)2-5-14(13)24/h2-7,20,24-25H,8H2,1H3,(H,21,22). The van der Waals surface area contributed by atoms with Gasteiger partial charge in [0.15, 0.2) is 0 Å². The quantitative estimate of drug-likeness (QED) is 0.562. The van der Waals surface area contributed by atoms with Crippen molar-refractivity contribution in [1.82, 2.24) is 9.97 Å². The van der Waals surface area contributed by atoms with Crippen LogP contribution in [0.4, 0.5) is 5.69 Å². The average molecular weight is 371 g/mol. The minimum Gasteiger partial charge on any atom is -0.509 e. The molecule has 1 aliphatic heterocycles. The lowest BCUT2D eigenvalue weighted by Gasteiger charge is -2.19. The third-order valence-corrected chi connectivity index (χ3v) is 4.49. The third kappa shape index (κ3) is 2.53. The molecule has 8 heteroatoms. The van der Waals surface area contributed by atoms with E-state index in [1.807, 2.05) is 0 Å². The molecule has 26 heavy (non-hydrogen) atoms. The Bertz CT molecular complexity index is 1070. The summed E-state index contributed by atoms with van der Waals surface area (Å²) < 4.78 is 5.20. The number of methoxy groups -OCH3 is 1. The number of phenolic OH excluding ortho intramolecular Hbond substituents is 1. The summed E-state index contributed by atoms with van der Waals surface area (Å²) in [5.41, 5.74) is 2.05. The predicted molar refractivity (Wildman–Crippen MR) is 100 cm³/mol. The van der Waals surface area contributed by atoms with E-state index < -0.39 is 0 Å². The Morgan fingerprint density at radius 2 is 2.04 bits per heavy atom. The number of anilines is 1. The van der Waals surface area contributed by atoms with Crippen LogP contribution in [-0.4, -0.2) is 39.7 Å². The van der Waals surface area contributed by atoms with E-state index in [9.17, 15) is 10.2 Å². The number of aromatic hydroxyl groups is 1. The lowest BCUT2D eigenvalue weighted by Crippen LogP contribution is -2.26. The normalized spacial score (nSPS) is 14.5. The second kappa shape index (κ2) is 5.96. The zero-order valence-corrected chi connectivity index (χ0v) is 14.5. The van der Waals surface area contributed by atoms with Crippen LogP contribution in [0, 0.1) is 5.41 Å². The molecule has 4 rings (SSSR count). The van der Waals surface area contributed by atoms with Gasteiger partial charge in [0.2, 0.25) is 0 Å². The molecule has 0 atom stereocenters. The Morgan fingerprint density at radius 3 is 2.81 bits per heavy atom. The number of fused-ring (bicyclic) bond motifs is 1. The first-order valence-electron chi connectivity index (χ1n) is 7.79. The van der Waals surface area contributed by atoms with E-state index in [1.54, 1.807) is 37.4 Å². The SMILES string of the molecule is COc1ccc2nc(C3=C(O)CN(c4cc(Cl)ccc4O)C3=N)[nH]c2c1. The number of hydrogen-bond acceptors (Lipinski definition) is 5. The van der Waals surface area contributed by atoms with Gasteiger partial charge in [-0.05, 0) is 30.3 Å². The maximum atomic E-state index is 10.4. The van der Waals surface area contributed by atoms with Crippen molar-refractivity contribution in [3.8, 4) is 11.5 Å². The molecule has 132 valence electrons. The summed E-state index contributed by atoms with van der Waals surface area (Å²) in [6.45, 7) is 0.0441. The number of aliphatic hydroxyl groups is 1. The van der Waals surface area contributed by atoms with Crippen molar-refractivity contribution in [2.24, 2.45) is 0 Å². The Labute approximate surface area is 153 Å². The fourth-order valence-corrected chi connectivity index (χ4v) is 3.15. The second-order valence-corrected chi connectivity index (χ2v) is 6.29. The molecule has 7 nitrogen and oxygen atoms in total. The maximum absolute atomic E-state index is 10.4. The first-order valence-corrected chi connectivity index (χ1v) is 8.17. The summed E-state index contributed by atoms with van der Waals surface area (Å²) in [6.07, 6.45) is 0. The number of H-pyrrole nitrogens is 1. The van der Waals surface area contributed by atoms with E-state index in [1.165, 1.54) is 11.0 Å². The summed E-state index contributed by atoms with van der Waals surface area (Å²) in [7, 11) is 1.58. The molecule has 0 saturated carbocycles. The molecule has 2 aromatic carbocycles. The topological polar surface area (TPSA) is 105 Å². The van der Waals surface area contributed by atoms with Crippen molar-refractivity contribution in [3.05, 3.63) is 53.0 Å². The number of ether oxygens (including phenoxy) is 1. The van der Waals surface area contributed by atoms with Gasteiger partial charge in [-0.15, -0.1) is 0 Å². The molecule has 0 unspecified atom stereocenters.